The van der Waals surface area contributed by atoms with E-state index in [9.17, 15) is 9.59 Å². The van der Waals surface area contributed by atoms with Crippen molar-refractivity contribution in [3.8, 4) is 0 Å². The molecule has 1 fully saturated rings. The Morgan fingerprint density at radius 3 is 2.73 bits per heavy atom. The van der Waals surface area contributed by atoms with Gasteiger partial charge in [-0.05, 0) is 47.9 Å². The van der Waals surface area contributed by atoms with Gasteiger partial charge in [0.05, 0.1) is 24.4 Å². The van der Waals surface area contributed by atoms with Crippen LogP contribution in [0.15, 0.2) is 59.6 Å². The molecule has 0 radical (unpaired) electrons. The second-order valence-corrected chi connectivity index (χ2v) is 9.04. The van der Waals surface area contributed by atoms with Crippen LogP contribution in [0.5, 0.6) is 0 Å². The van der Waals surface area contributed by atoms with Gasteiger partial charge >= 0.3 is 0 Å². The molecule has 1 N–H and O–H groups in total. The molecule has 156 valence electrons. The molecule has 1 aliphatic rings. The molecule has 0 aliphatic carbocycles. The lowest BCUT2D eigenvalue weighted by Crippen LogP contribution is -2.45. The molecule has 0 aromatic carbocycles. The van der Waals surface area contributed by atoms with Gasteiger partial charge in [-0.25, -0.2) is 0 Å². The van der Waals surface area contributed by atoms with Crippen LogP contribution in [-0.4, -0.2) is 36.1 Å². The Morgan fingerprint density at radius 1 is 1.20 bits per heavy atom. The highest BCUT2D eigenvalue weighted by atomic mass is 32.1. The Hall–Kier alpha value is -2.55. The molecule has 1 saturated heterocycles. The van der Waals surface area contributed by atoms with Crippen LogP contribution in [0.25, 0.3) is 0 Å². The van der Waals surface area contributed by atoms with E-state index in [1.54, 1.807) is 23.4 Å². The molecular weight excluding hydrogens is 418 g/mol. The summed E-state index contributed by atoms with van der Waals surface area (Å²) in [6.07, 6.45) is 5.49. The number of nitrogens with one attached hydrogen (secondary N) is 1. The monoisotopic (exact) mass is 441 g/mol. The number of nitrogens with zero attached hydrogens (tertiary/aromatic N) is 2. The predicted octanol–water partition coefficient (Wildman–Crippen LogP) is 3.82. The number of carbonyl (C=O) groups is 2. The number of hydrogen-bond acceptors (Lipinski definition) is 6. The molecule has 0 spiro atoms. The molecule has 2 unspecified atom stereocenters. The highest BCUT2D eigenvalue weighted by molar-refractivity contribution is 7.10. The maximum atomic E-state index is 13.4. The second kappa shape index (κ2) is 9.97. The summed E-state index contributed by atoms with van der Waals surface area (Å²) in [7, 11) is 0. The molecular formula is C22H23N3O3S2. The highest BCUT2D eigenvalue weighted by Gasteiger charge is 2.34. The fourth-order valence-corrected chi connectivity index (χ4v) is 5.03. The smallest absolute Gasteiger partial charge is 0.248 e. The summed E-state index contributed by atoms with van der Waals surface area (Å²) < 4.78 is 5.64. The van der Waals surface area contributed by atoms with Gasteiger partial charge in [0.25, 0.3) is 0 Å². The Kier molecular flexibility index (Phi) is 6.88. The van der Waals surface area contributed by atoms with Gasteiger partial charge in [0.15, 0.2) is 0 Å². The number of rotatable bonds is 8. The van der Waals surface area contributed by atoms with Gasteiger partial charge in [-0.15, -0.1) is 22.7 Å². The van der Waals surface area contributed by atoms with E-state index < -0.39 is 6.04 Å². The molecule has 30 heavy (non-hydrogen) atoms. The molecule has 3 aromatic rings. The fraction of sp³-hybridized carbons (Fsp3) is 0.318. The molecule has 8 heteroatoms. The summed E-state index contributed by atoms with van der Waals surface area (Å²) in [5.74, 6) is -0.354. The van der Waals surface area contributed by atoms with Crippen LogP contribution in [0.1, 0.15) is 28.6 Å². The van der Waals surface area contributed by atoms with Gasteiger partial charge in [-0.2, -0.15) is 0 Å². The lowest BCUT2D eigenvalue weighted by atomic mass is 10.1. The largest absolute Gasteiger partial charge is 0.376 e. The van der Waals surface area contributed by atoms with Gasteiger partial charge in [0.2, 0.25) is 11.8 Å². The van der Waals surface area contributed by atoms with E-state index in [1.807, 2.05) is 41.1 Å². The van der Waals surface area contributed by atoms with E-state index in [2.05, 4.69) is 10.3 Å². The Bertz CT molecular complexity index is 939. The maximum Gasteiger partial charge on any atom is 0.248 e. The summed E-state index contributed by atoms with van der Waals surface area (Å²) >= 11 is 2.99. The van der Waals surface area contributed by atoms with Crippen LogP contribution in [-0.2, 0) is 20.7 Å². The predicted molar refractivity (Wildman–Crippen MR) is 119 cm³/mol. The zero-order valence-corrected chi connectivity index (χ0v) is 18.0. The third kappa shape index (κ3) is 4.95. The van der Waals surface area contributed by atoms with Crippen LogP contribution in [0.3, 0.4) is 0 Å². The van der Waals surface area contributed by atoms with Crippen molar-refractivity contribution in [1.29, 1.82) is 0 Å². The number of carbonyl (C=O) groups excluding carboxylic acids is 2. The number of pyridine rings is 1. The third-order valence-electron chi connectivity index (χ3n) is 4.95. The molecule has 0 bridgehead atoms. The number of ether oxygens (including phenoxy) is 1. The summed E-state index contributed by atoms with van der Waals surface area (Å²) in [6.45, 7) is 1.18. The second-order valence-electron chi connectivity index (χ2n) is 7.03. The minimum absolute atomic E-state index is 0.0339. The van der Waals surface area contributed by atoms with E-state index in [0.717, 1.165) is 29.2 Å². The van der Waals surface area contributed by atoms with E-state index >= 15 is 0 Å². The Balaban J connectivity index is 1.63. The first-order valence-electron chi connectivity index (χ1n) is 9.89. The molecule has 4 rings (SSSR count). The van der Waals surface area contributed by atoms with Gasteiger partial charge in [0, 0.05) is 29.1 Å². The number of anilines is 1. The summed E-state index contributed by atoms with van der Waals surface area (Å²) in [5, 5.41) is 6.87. The van der Waals surface area contributed by atoms with E-state index in [4.69, 9.17) is 4.74 Å². The van der Waals surface area contributed by atoms with Crippen molar-refractivity contribution < 1.29 is 14.3 Å². The lowest BCUT2D eigenvalue weighted by molar-refractivity contribution is -0.126. The first-order chi connectivity index (χ1) is 14.7. The quantitative estimate of drug-likeness (QED) is 0.577. The van der Waals surface area contributed by atoms with Crippen molar-refractivity contribution in [1.82, 2.24) is 10.3 Å². The van der Waals surface area contributed by atoms with Crippen molar-refractivity contribution in [3.63, 3.8) is 0 Å². The first kappa shape index (κ1) is 20.7. The van der Waals surface area contributed by atoms with Crippen molar-refractivity contribution in [2.45, 2.75) is 31.4 Å². The zero-order chi connectivity index (χ0) is 20.8. The van der Waals surface area contributed by atoms with E-state index in [1.165, 1.54) is 22.7 Å². The number of thiophene rings is 2. The molecule has 1 aliphatic heterocycles. The van der Waals surface area contributed by atoms with Gasteiger partial charge < -0.3 is 10.1 Å². The van der Waals surface area contributed by atoms with Gasteiger partial charge in [-0.1, -0.05) is 12.1 Å². The van der Waals surface area contributed by atoms with E-state index in [0.29, 0.717) is 12.2 Å². The van der Waals surface area contributed by atoms with Crippen molar-refractivity contribution >= 4 is 40.2 Å². The summed E-state index contributed by atoms with van der Waals surface area (Å²) in [6, 6.07) is 10.5. The van der Waals surface area contributed by atoms with Crippen LogP contribution in [0.2, 0.25) is 0 Å². The lowest BCUT2D eigenvalue weighted by Gasteiger charge is -2.30. The van der Waals surface area contributed by atoms with Gasteiger partial charge in [-0.3, -0.25) is 19.5 Å². The van der Waals surface area contributed by atoms with E-state index in [-0.39, 0.29) is 24.3 Å². The van der Waals surface area contributed by atoms with Crippen molar-refractivity contribution in [2.75, 3.05) is 18.1 Å². The van der Waals surface area contributed by atoms with Crippen LogP contribution in [0, 0.1) is 0 Å². The molecule has 3 aromatic heterocycles. The summed E-state index contributed by atoms with van der Waals surface area (Å²) in [5.41, 5.74) is 0.602. The average molecular weight is 442 g/mol. The average Bonchev–Trinajstić information content (AvgIpc) is 3.54. The minimum Gasteiger partial charge on any atom is -0.376 e. The van der Waals surface area contributed by atoms with Crippen LogP contribution >= 0.6 is 22.7 Å². The standard InChI is InChI=1S/C22H23N3O3S2/c26-20(13-18-7-3-11-29-18)25(16-5-1-9-23-14-16)21(19-8-4-12-30-19)22(27)24-15-17-6-2-10-28-17/h1,3-5,7-9,11-12,14,17,21H,2,6,10,13,15H2,(H,24,27). The number of aromatic nitrogens is 1. The Morgan fingerprint density at radius 2 is 2.07 bits per heavy atom. The topological polar surface area (TPSA) is 71.5 Å². The Labute approximate surface area is 183 Å². The molecule has 4 heterocycles. The van der Waals surface area contributed by atoms with Crippen LogP contribution < -0.4 is 10.2 Å². The highest BCUT2D eigenvalue weighted by Crippen LogP contribution is 2.31. The zero-order valence-electron chi connectivity index (χ0n) is 16.4. The van der Waals surface area contributed by atoms with Gasteiger partial charge in [0.1, 0.15) is 6.04 Å². The van der Waals surface area contributed by atoms with Crippen molar-refractivity contribution in [3.05, 3.63) is 69.3 Å². The molecule has 0 saturated carbocycles. The number of amides is 2. The maximum absolute atomic E-state index is 13.4. The number of hydrogen-bond donors (Lipinski definition) is 1. The normalized spacial score (nSPS) is 16.9. The first-order valence-corrected chi connectivity index (χ1v) is 11.7. The summed E-state index contributed by atoms with van der Waals surface area (Å²) in [4.78, 5) is 34.3. The molecule has 2 amide bonds. The molecule has 2 atom stereocenters. The SMILES string of the molecule is O=C(NCC1CCCO1)C(c1cccs1)N(C(=O)Cc1cccs1)c1cccnc1. The minimum atomic E-state index is -0.761. The fourth-order valence-electron chi connectivity index (χ4n) is 3.52. The third-order valence-corrected chi connectivity index (χ3v) is 6.75. The van der Waals surface area contributed by atoms with Crippen molar-refractivity contribution in [2.24, 2.45) is 0 Å². The van der Waals surface area contributed by atoms with Crippen LogP contribution in [0.4, 0.5) is 5.69 Å². The molecule has 6 nitrogen and oxygen atoms in total.